The molecule has 0 saturated carbocycles. The first-order valence-electron chi connectivity index (χ1n) is 5.28. The van der Waals surface area contributed by atoms with E-state index in [1.165, 1.54) is 19.2 Å². The summed E-state index contributed by atoms with van der Waals surface area (Å²) in [5, 5.41) is 8.83. The number of rotatable bonds is 5. The summed E-state index contributed by atoms with van der Waals surface area (Å²) in [5.74, 6) is -0.872. The zero-order valence-corrected chi connectivity index (χ0v) is 11.7. The van der Waals surface area contributed by atoms with Gasteiger partial charge in [-0.1, -0.05) is 17.7 Å². The molecule has 1 unspecified atom stereocenters. The van der Waals surface area contributed by atoms with Gasteiger partial charge in [-0.15, -0.1) is 0 Å². The van der Waals surface area contributed by atoms with Crippen molar-refractivity contribution in [2.24, 2.45) is 0 Å². The topological polar surface area (TPSA) is 57.6 Å². The molecule has 0 aliphatic rings. The molecule has 0 fully saturated rings. The predicted molar refractivity (Wildman–Crippen MR) is 68.3 cm³/mol. The molecule has 0 spiro atoms. The van der Waals surface area contributed by atoms with Crippen LogP contribution in [-0.4, -0.2) is 37.5 Å². The fraction of sp³-hybridized carbons (Fsp3) is 0.455. The molecule has 0 saturated heterocycles. The van der Waals surface area contributed by atoms with Gasteiger partial charge in [0.1, 0.15) is 5.82 Å². The van der Waals surface area contributed by atoms with Gasteiger partial charge in [-0.05, 0) is 24.6 Å². The minimum absolute atomic E-state index is 0.111. The largest absolute Gasteiger partial charge is 0.395 e. The van der Waals surface area contributed by atoms with Crippen LogP contribution < -0.4 is 0 Å². The fourth-order valence-corrected chi connectivity index (χ4v) is 2.95. The molecular weight excluding hydrogens is 281 g/mol. The molecule has 1 N–H and O–H groups in total. The Bertz CT molecular complexity index is 521. The molecule has 18 heavy (non-hydrogen) atoms. The second kappa shape index (κ2) is 5.97. The molecule has 0 heterocycles. The fourth-order valence-electron chi connectivity index (χ4n) is 1.33. The van der Waals surface area contributed by atoms with E-state index in [1.807, 2.05) is 0 Å². The van der Waals surface area contributed by atoms with E-state index in [1.54, 1.807) is 6.92 Å². The Morgan fingerprint density at radius 1 is 1.50 bits per heavy atom. The Labute approximate surface area is 111 Å². The lowest BCUT2D eigenvalue weighted by molar-refractivity contribution is 0.213. The number of benzene rings is 1. The third-order valence-corrected chi connectivity index (χ3v) is 4.88. The summed E-state index contributed by atoms with van der Waals surface area (Å²) >= 11 is 5.59. The predicted octanol–water partition coefficient (Wildman–Crippen LogP) is 1.62. The molecule has 1 aromatic rings. The van der Waals surface area contributed by atoms with Gasteiger partial charge in [-0.3, -0.25) is 0 Å². The van der Waals surface area contributed by atoms with Gasteiger partial charge < -0.3 is 5.11 Å². The van der Waals surface area contributed by atoms with Crippen molar-refractivity contribution in [2.45, 2.75) is 18.7 Å². The normalized spacial score (nSPS) is 13.9. The maximum atomic E-state index is 12.9. The second-order valence-corrected chi connectivity index (χ2v) is 6.49. The highest BCUT2D eigenvalue weighted by Crippen LogP contribution is 2.19. The second-order valence-electron chi connectivity index (χ2n) is 4.05. The molecule has 1 aromatic carbocycles. The van der Waals surface area contributed by atoms with Crippen LogP contribution in [-0.2, 0) is 15.8 Å². The van der Waals surface area contributed by atoms with E-state index < -0.39 is 21.9 Å². The highest BCUT2D eigenvalue weighted by molar-refractivity contribution is 7.88. The Hall–Kier alpha value is -0.690. The van der Waals surface area contributed by atoms with Crippen LogP contribution in [0.25, 0.3) is 0 Å². The molecule has 1 atom stereocenters. The van der Waals surface area contributed by atoms with Gasteiger partial charge in [-0.25, -0.2) is 12.8 Å². The smallest absolute Gasteiger partial charge is 0.218 e. The van der Waals surface area contributed by atoms with Crippen LogP contribution in [0.5, 0.6) is 0 Å². The summed E-state index contributed by atoms with van der Waals surface area (Å²) in [7, 11) is -2.17. The van der Waals surface area contributed by atoms with Crippen molar-refractivity contribution in [3.8, 4) is 0 Å². The summed E-state index contributed by atoms with van der Waals surface area (Å²) in [4.78, 5) is 0. The third kappa shape index (κ3) is 3.65. The maximum absolute atomic E-state index is 12.9. The molecule has 1 rings (SSSR count). The third-order valence-electron chi connectivity index (χ3n) is 2.66. The van der Waals surface area contributed by atoms with Crippen molar-refractivity contribution in [3.05, 3.63) is 34.6 Å². The first kappa shape index (κ1) is 15.4. The maximum Gasteiger partial charge on any atom is 0.218 e. The van der Waals surface area contributed by atoms with Crippen molar-refractivity contribution in [1.29, 1.82) is 0 Å². The number of aliphatic hydroxyl groups excluding tert-OH is 1. The van der Waals surface area contributed by atoms with Crippen molar-refractivity contribution < 1.29 is 17.9 Å². The lowest BCUT2D eigenvalue weighted by Crippen LogP contribution is -2.38. The van der Waals surface area contributed by atoms with Gasteiger partial charge >= 0.3 is 0 Å². The zero-order chi connectivity index (χ0) is 13.9. The summed E-state index contributed by atoms with van der Waals surface area (Å²) in [5.41, 5.74) is 0.401. The number of hydrogen-bond donors (Lipinski definition) is 1. The van der Waals surface area contributed by atoms with Gasteiger partial charge in [0, 0.05) is 13.1 Å². The Morgan fingerprint density at radius 2 is 2.11 bits per heavy atom. The first-order chi connectivity index (χ1) is 8.27. The monoisotopic (exact) mass is 295 g/mol. The van der Waals surface area contributed by atoms with Crippen LogP contribution in [0.15, 0.2) is 18.2 Å². The van der Waals surface area contributed by atoms with Crippen LogP contribution in [0.3, 0.4) is 0 Å². The number of likely N-dealkylation sites (N-methyl/N-ethyl adjacent to an activating group) is 1. The van der Waals surface area contributed by atoms with E-state index in [9.17, 15) is 12.8 Å². The number of hydrogen-bond acceptors (Lipinski definition) is 3. The molecule has 0 aliphatic heterocycles. The highest BCUT2D eigenvalue weighted by Gasteiger charge is 2.23. The Morgan fingerprint density at radius 3 is 2.61 bits per heavy atom. The molecule has 7 heteroatoms. The minimum atomic E-state index is -3.56. The van der Waals surface area contributed by atoms with Gasteiger partial charge in [-0.2, -0.15) is 4.31 Å². The lowest BCUT2D eigenvalue weighted by Gasteiger charge is -2.22. The van der Waals surface area contributed by atoms with Crippen molar-refractivity contribution in [2.75, 3.05) is 13.7 Å². The average Bonchev–Trinajstić information content (AvgIpc) is 2.31. The van der Waals surface area contributed by atoms with E-state index >= 15 is 0 Å². The van der Waals surface area contributed by atoms with Crippen molar-refractivity contribution in [1.82, 2.24) is 4.31 Å². The molecule has 0 bridgehead atoms. The van der Waals surface area contributed by atoms with E-state index in [0.717, 1.165) is 10.4 Å². The molecule has 102 valence electrons. The number of nitrogens with zero attached hydrogens (tertiary/aromatic N) is 1. The molecular formula is C11H15ClFNO3S. The number of halogens is 2. The molecule has 4 nitrogen and oxygen atoms in total. The lowest BCUT2D eigenvalue weighted by atomic mass is 10.2. The van der Waals surface area contributed by atoms with E-state index in [2.05, 4.69) is 0 Å². The first-order valence-corrected chi connectivity index (χ1v) is 7.27. The summed E-state index contributed by atoms with van der Waals surface area (Å²) in [6, 6.07) is 3.27. The van der Waals surface area contributed by atoms with Crippen LogP contribution in [0.4, 0.5) is 4.39 Å². The molecule has 0 aliphatic carbocycles. The van der Waals surface area contributed by atoms with Gasteiger partial charge in [0.15, 0.2) is 0 Å². The van der Waals surface area contributed by atoms with E-state index in [-0.39, 0.29) is 17.4 Å². The number of sulfonamides is 1. The molecule has 0 radical (unpaired) electrons. The van der Waals surface area contributed by atoms with Crippen LogP contribution in [0.2, 0.25) is 5.02 Å². The highest BCUT2D eigenvalue weighted by atomic mass is 35.5. The van der Waals surface area contributed by atoms with Crippen LogP contribution in [0, 0.1) is 5.82 Å². The minimum Gasteiger partial charge on any atom is -0.395 e. The standard InChI is InChI=1S/C11H15ClFNO3S/c1-8(6-15)14(2)18(16,17)7-9-3-4-11(13)10(12)5-9/h3-5,8,15H,6-7H2,1-2H3. The zero-order valence-electron chi connectivity index (χ0n) is 10.1. The average molecular weight is 296 g/mol. The van der Waals surface area contributed by atoms with Crippen molar-refractivity contribution >= 4 is 21.6 Å². The summed E-state index contributed by atoms with van der Waals surface area (Å²) < 4.78 is 38.0. The molecule has 0 aromatic heterocycles. The number of aliphatic hydroxyl groups is 1. The van der Waals surface area contributed by atoms with Gasteiger partial charge in [0.05, 0.1) is 17.4 Å². The SMILES string of the molecule is CC(CO)N(C)S(=O)(=O)Cc1ccc(F)c(Cl)c1. The Balaban J connectivity index is 2.92. The molecule has 0 amide bonds. The van der Waals surface area contributed by atoms with E-state index in [0.29, 0.717) is 5.56 Å². The summed E-state index contributed by atoms with van der Waals surface area (Å²) in [6.45, 7) is 1.33. The Kier molecular flexibility index (Phi) is 5.10. The quantitative estimate of drug-likeness (QED) is 0.898. The van der Waals surface area contributed by atoms with E-state index in [4.69, 9.17) is 16.7 Å². The van der Waals surface area contributed by atoms with Crippen molar-refractivity contribution in [3.63, 3.8) is 0 Å². The summed E-state index contributed by atoms with van der Waals surface area (Å²) in [6.07, 6.45) is 0. The van der Waals surface area contributed by atoms with Gasteiger partial charge in [0.25, 0.3) is 0 Å². The van der Waals surface area contributed by atoms with Crippen LogP contribution >= 0.6 is 11.6 Å². The van der Waals surface area contributed by atoms with Crippen LogP contribution in [0.1, 0.15) is 12.5 Å². The van der Waals surface area contributed by atoms with Gasteiger partial charge in [0.2, 0.25) is 10.0 Å².